The summed E-state index contributed by atoms with van der Waals surface area (Å²) in [5, 5.41) is 2.95. The number of hydrogen-bond donors (Lipinski definition) is 1. The first-order valence-electron chi connectivity index (χ1n) is 8.43. The second-order valence-electron chi connectivity index (χ2n) is 5.93. The van der Waals surface area contributed by atoms with E-state index >= 15 is 0 Å². The van der Waals surface area contributed by atoms with Crippen molar-refractivity contribution in [1.29, 1.82) is 0 Å². The fourth-order valence-electron chi connectivity index (χ4n) is 2.60. The van der Waals surface area contributed by atoms with E-state index in [0.29, 0.717) is 19.0 Å². The lowest BCUT2D eigenvalue weighted by atomic mass is 10.2. The Morgan fingerprint density at radius 1 is 1.15 bits per heavy atom. The molecule has 27 heavy (non-hydrogen) atoms. The number of hydrogen-bond acceptors (Lipinski definition) is 5. The number of aryl methyl sites for hydroxylation is 1. The van der Waals surface area contributed by atoms with Crippen LogP contribution in [0.3, 0.4) is 0 Å². The minimum atomic E-state index is -3.62. The number of methoxy groups -OCH3 is 1. The smallest absolute Gasteiger partial charge is 0.240 e. The van der Waals surface area contributed by atoms with Crippen LogP contribution in [0.2, 0.25) is 0 Å². The summed E-state index contributed by atoms with van der Waals surface area (Å²) in [7, 11) is -2.02. The first kappa shape index (κ1) is 19.6. The van der Waals surface area contributed by atoms with Gasteiger partial charge in [0.2, 0.25) is 10.0 Å². The van der Waals surface area contributed by atoms with Crippen LogP contribution in [0.1, 0.15) is 11.1 Å². The zero-order valence-corrected chi connectivity index (χ0v) is 16.8. The Morgan fingerprint density at radius 2 is 1.93 bits per heavy atom. The molecule has 2 heterocycles. The topological polar surface area (TPSA) is 69.6 Å². The Morgan fingerprint density at radius 3 is 2.63 bits per heavy atom. The van der Waals surface area contributed by atoms with Crippen molar-refractivity contribution < 1.29 is 17.9 Å². The van der Waals surface area contributed by atoms with Crippen molar-refractivity contribution in [2.45, 2.75) is 18.4 Å². The van der Waals surface area contributed by atoms with Crippen LogP contribution in [0.15, 0.2) is 59.1 Å². The third-order valence-corrected chi connectivity index (χ3v) is 6.38. The lowest BCUT2D eigenvalue weighted by molar-refractivity contribution is 0.146. The van der Waals surface area contributed by atoms with Gasteiger partial charge in [0.15, 0.2) is 0 Å². The quantitative estimate of drug-likeness (QED) is 0.553. The van der Waals surface area contributed by atoms with Crippen molar-refractivity contribution in [3.8, 4) is 10.8 Å². The molecule has 6 nitrogen and oxygen atoms in total. The molecule has 0 saturated carbocycles. The van der Waals surface area contributed by atoms with E-state index < -0.39 is 10.0 Å². The van der Waals surface area contributed by atoms with Crippen LogP contribution in [0.5, 0.6) is 5.75 Å². The Labute approximate surface area is 163 Å². The van der Waals surface area contributed by atoms with Crippen molar-refractivity contribution in [2.75, 3.05) is 20.3 Å². The fraction of sp³-hybridized carbons (Fsp3) is 0.263. The highest BCUT2D eigenvalue weighted by Gasteiger charge is 2.17. The van der Waals surface area contributed by atoms with Crippen molar-refractivity contribution in [1.82, 2.24) is 9.29 Å². The highest BCUT2D eigenvalue weighted by atomic mass is 32.2. The van der Waals surface area contributed by atoms with Crippen LogP contribution in [-0.2, 0) is 21.3 Å². The summed E-state index contributed by atoms with van der Waals surface area (Å²) < 4.78 is 40.5. The van der Waals surface area contributed by atoms with Gasteiger partial charge < -0.3 is 14.0 Å². The van der Waals surface area contributed by atoms with Crippen LogP contribution in [0.25, 0.3) is 5.00 Å². The van der Waals surface area contributed by atoms with Gasteiger partial charge in [-0.05, 0) is 54.3 Å². The molecule has 0 unspecified atom stereocenters. The molecule has 0 bridgehead atoms. The Balaban J connectivity index is 1.70. The predicted molar refractivity (Wildman–Crippen MR) is 106 cm³/mol. The molecule has 0 spiro atoms. The van der Waals surface area contributed by atoms with Gasteiger partial charge in [0.25, 0.3) is 0 Å². The van der Waals surface area contributed by atoms with Crippen LogP contribution >= 0.6 is 11.3 Å². The summed E-state index contributed by atoms with van der Waals surface area (Å²) in [6, 6.07) is 10.7. The third-order valence-electron chi connectivity index (χ3n) is 4.02. The van der Waals surface area contributed by atoms with Gasteiger partial charge in [0, 0.05) is 31.6 Å². The lowest BCUT2D eigenvalue weighted by Gasteiger charge is -2.12. The van der Waals surface area contributed by atoms with E-state index in [1.165, 1.54) is 0 Å². The number of ether oxygens (including phenoxy) is 2. The number of nitrogens with zero attached hydrogens (tertiary/aromatic N) is 1. The molecule has 0 atom stereocenters. The van der Waals surface area contributed by atoms with E-state index in [-0.39, 0.29) is 11.4 Å². The van der Waals surface area contributed by atoms with Gasteiger partial charge in [0.05, 0.1) is 11.5 Å². The second kappa shape index (κ2) is 8.71. The molecule has 0 aliphatic heterocycles. The van der Waals surface area contributed by atoms with E-state index in [1.54, 1.807) is 36.6 Å². The average molecular weight is 407 g/mol. The summed E-state index contributed by atoms with van der Waals surface area (Å²) in [6.07, 6.45) is 3.88. The van der Waals surface area contributed by atoms with Gasteiger partial charge in [-0.25, -0.2) is 13.1 Å². The molecule has 0 aliphatic rings. The minimum Gasteiger partial charge on any atom is -0.491 e. The maximum absolute atomic E-state index is 12.7. The predicted octanol–water partition coefficient (Wildman–Crippen LogP) is 3.35. The number of benzene rings is 1. The number of aromatic nitrogens is 1. The first-order chi connectivity index (χ1) is 13.0. The Hall–Kier alpha value is -2.13. The highest BCUT2D eigenvalue weighted by molar-refractivity contribution is 7.89. The van der Waals surface area contributed by atoms with Crippen molar-refractivity contribution in [3.05, 3.63) is 65.3 Å². The number of thiophene rings is 1. The molecule has 0 radical (unpaired) electrons. The van der Waals surface area contributed by atoms with Gasteiger partial charge in [-0.15, -0.1) is 11.3 Å². The van der Waals surface area contributed by atoms with Gasteiger partial charge in [-0.2, -0.15) is 0 Å². The monoisotopic (exact) mass is 406 g/mol. The van der Waals surface area contributed by atoms with Crippen molar-refractivity contribution in [2.24, 2.45) is 0 Å². The molecule has 0 amide bonds. The Kier molecular flexibility index (Phi) is 6.33. The maximum atomic E-state index is 12.7. The summed E-state index contributed by atoms with van der Waals surface area (Å²) in [4.78, 5) is 0.219. The molecule has 3 aromatic rings. The summed E-state index contributed by atoms with van der Waals surface area (Å²) >= 11 is 1.57. The molecular weight excluding hydrogens is 384 g/mol. The summed E-state index contributed by atoms with van der Waals surface area (Å²) in [5.41, 5.74) is 1.69. The van der Waals surface area contributed by atoms with E-state index in [1.807, 2.05) is 47.5 Å². The molecular formula is C19H22N2O4S2. The number of rotatable bonds is 9. The summed E-state index contributed by atoms with van der Waals surface area (Å²) in [5.74, 6) is 0.652. The zero-order valence-electron chi connectivity index (χ0n) is 15.2. The van der Waals surface area contributed by atoms with E-state index in [2.05, 4.69) is 4.72 Å². The van der Waals surface area contributed by atoms with Gasteiger partial charge in [-0.1, -0.05) is 0 Å². The molecule has 144 valence electrons. The zero-order chi connectivity index (χ0) is 19.3. The average Bonchev–Trinajstić information content (AvgIpc) is 3.32. The molecule has 8 heteroatoms. The van der Waals surface area contributed by atoms with Gasteiger partial charge >= 0.3 is 0 Å². The highest BCUT2D eigenvalue weighted by Crippen LogP contribution is 2.24. The van der Waals surface area contributed by atoms with Crippen LogP contribution < -0.4 is 9.46 Å². The molecule has 1 aromatic carbocycles. The largest absolute Gasteiger partial charge is 0.491 e. The van der Waals surface area contributed by atoms with E-state index in [4.69, 9.17) is 9.47 Å². The summed E-state index contributed by atoms with van der Waals surface area (Å²) in [6.45, 7) is 2.95. The van der Waals surface area contributed by atoms with Crippen LogP contribution in [0, 0.1) is 6.92 Å². The fourth-order valence-corrected chi connectivity index (χ4v) is 4.59. The van der Waals surface area contributed by atoms with Gasteiger partial charge in [0.1, 0.15) is 17.4 Å². The van der Waals surface area contributed by atoms with Crippen molar-refractivity contribution >= 4 is 21.4 Å². The first-order valence-corrected chi connectivity index (χ1v) is 10.8. The molecule has 1 N–H and O–H groups in total. The van der Waals surface area contributed by atoms with Crippen LogP contribution in [0.4, 0.5) is 0 Å². The lowest BCUT2D eigenvalue weighted by Crippen LogP contribution is -2.23. The standard InChI is InChI=1S/C19H22N2O4S2/c1-15-13-17(5-6-18(15)25-11-10-24-2)27(22,23)20-14-16-7-12-26-19(16)21-8-3-4-9-21/h3-9,12-13,20H,10-11,14H2,1-2H3. The van der Waals surface area contributed by atoms with Crippen LogP contribution in [-0.4, -0.2) is 33.3 Å². The van der Waals surface area contributed by atoms with Gasteiger partial charge in [-0.3, -0.25) is 0 Å². The second-order valence-corrected chi connectivity index (χ2v) is 8.60. The van der Waals surface area contributed by atoms with E-state index in [9.17, 15) is 8.42 Å². The van der Waals surface area contributed by atoms with E-state index in [0.717, 1.165) is 16.1 Å². The molecule has 0 fully saturated rings. The SMILES string of the molecule is COCCOc1ccc(S(=O)(=O)NCc2ccsc2-n2cccc2)cc1C. The number of sulfonamides is 1. The molecule has 2 aromatic heterocycles. The number of nitrogens with one attached hydrogen (secondary N) is 1. The molecule has 0 aliphatic carbocycles. The normalized spacial score (nSPS) is 11.6. The molecule has 0 saturated heterocycles. The minimum absolute atomic E-state index is 0.219. The maximum Gasteiger partial charge on any atom is 0.240 e. The third kappa shape index (κ3) is 4.78. The molecule has 3 rings (SSSR count). The Bertz CT molecular complexity index is 979. The van der Waals surface area contributed by atoms with Crippen molar-refractivity contribution in [3.63, 3.8) is 0 Å².